The third-order valence-corrected chi connectivity index (χ3v) is 2.97. The van der Waals surface area contributed by atoms with Crippen molar-refractivity contribution in [2.45, 2.75) is 19.8 Å². The Morgan fingerprint density at radius 2 is 2.06 bits per heavy atom. The Bertz CT molecular complexity index is 414. The maximum atomic E-state index is 10.9. The zero-order valence-electron chi connectivity index (χ0n) is 9.98. The summed E-state index contributed by atoms with van der Waals surface area (Å²) in [5.74, 6) is 0. The third-order valence-electron chi connectivity index (χ3n) is 2.97. The highest BCUT2D eigenvalue weighted by Crippen LogP contribution is 2.29. The molecule has 92 valence electrons. The number of nitro benzene ring substituents is 1. The Hall–Kier alpha value is -1.78. The van der Waals surface area contributed by atoms with Crippen LogP contribution in [0.5, 0.6) is 0 Å². The van der Waals surface area contributed by atoms with Gasteiger partial charge in [-0.05, 0) is 25.8 Å². The van der Waals surface area contributed by atoms with Gasteiger partial charge in [0.1, 0.15) is 0 Å². The molecule has 1 heterocycles. The molecule has 1 aliphatic rings. The normalized spacial score (nSPS) is 15.0. The lowest BCUT2D eigenvalue weighted by atomic mass is 10.2. The second-order valence-corrected chi connectivity index (χ2v) is 4.22. The lowest BCUT2D eigenvalue weighted by Gasteiger charge is -2.18. The molecule has 0 aromatic heterocycles. The first kappa shape index (κ1) is 11.7. The van der Waals surface area contributed by atoms with Gasteiger partial charge in [-0.2, -0.15) is 0 Å². The number of nitrogens with zero attached hydrogens (tertiary/aromatic N) is 2. The van der Waals surface area contributed by atoms with Gasteiger partial charge in [0.2, 0.25) is 0 Å². The van der Waals surface area contributed by atoms with E-state index in [9.17, 15) is 10.1 Å². The minimum Gasteiger partial charge on any atom is -0.385 e. The van der Waals surface area contributed by atoms with Crippen LogP contribution in [0.25, 0.3) is 0 Å². The van der Waals surface area contributed by atoms with E-state index in [0.29, 0.717) is 0 Å². The minimum atomic E-state index is -0.333. The number of hydrogen-bond donors (Lipinski definition) is 1. The summed E-state index contributed by atoms with van der Waals surface area (Å²) in [6, 6.07) is 5.23. The summed E-state index contributed by atoms with van der Waals surface area (Å²) in [7, 11) is 0. The van der Waals surface area contributed by atoms with Crippen LogP contribution in [0, 0.1) is 10.1 Å². The van der Waals surface area contributed by atoms with Crippen molar-refractivity contribution in [3.05, 3.63) is 28.3 Å². The maximum Gasteiger partial charge on any atom is 0.273 e. The summed E-state index contributed by atoms with van der Waals surface area (Å²) in [5, 5.41) is 14.0. The fraction of sp³-hybridized carbons (Fsp3) is 0.500. The number of nitro groups is 1. The van der Waals surface area contributed by atoms with Crippen molar-refractivity contribution in [1.82, 2.24) is 0 Å². The number of rotatable bonds is 4. The molecule has 0 atom stereocenters. The Labute approximate surface area is 101 Å². The molecule has 1 fully saturated rings. The van der Waals surface area contributed by atoms with E-state index in [1.165, 1.54) is 12.8 Å². The van der Waals surface area contributed by atoms with Gasteiger partial charge in [0, 0.05) is 43.1 Å². The smallest absolute Gasteiger partial charge is 0.273 e. The molecule has 5 nitrogen and oxygen atoms in total. The quantitative estimate of drug-likeness (QED) is 0.643. The first-order chi connectivity index (χ1) is 8.20. The maximum absolute atomic E-state index is 10.9. The second-order valence-electron chi connectivity index (χ2n) is 4.22. The van der Waals surface area contributed by atoms with Gasteiger partial charge in [-0.3, -0.25) is 10.1 Å². The van der Waals surface area contributed by atoms with Gasteiger partial charge in [-0.25, -0.2) is 0 Å². The van der Waals surface area contributed by atoms with Crippen molar-refractivity contribution >= 4 is 17.1 Å². The summed E-state index contributed by atoms with van der Waals surface area (Å²) in [6.07, 6.45) is 2.33. The van der Waals surface area contributed by atoms with Crippen LogP contribution in [0.3, 0.4) is 0 Å². The highest BCUT2D eigenvalue weighted by molar-refractivity contribution is 5.64. The van der Waals surface area contributed by atoms with Gasteiger partial charge in [0.25, 0.3) is 5.69 Å². The van der Waals surface area contributed by atoms with E-state index in [2.05, 4.69) is 10.2 Å². The molecule has 1 saturated heterocycles. The lowest BCUT2D eigenvalue weighted by molar-refractivity contribution is -0.384. The molecule has 5 heteroatoms. The van der Waals surface area contributed by atoms with Gasteiger partial charge in [-0.15, -0.1) is 0 Å². The van der Waals surface area contributed by atoms with Crippen LogP contribution < -0.4 is 10.2 Å². The molecule has 0 amide bonds. The monoisotopic (exact) mass is 235 g/mol. The molecule has 1 aromatic carbocycles. The van der Waals surface area contributed by atoms with Crippen molar-refractivity contribution in [2.75, 3.05) is 29.9 Å². The number of nitrogens with one attached hydrogen (secondary N) is 1. The summed E-state index contributed by atoms with van der Waals surface area (Å²) >= 11 is 0. The minimum absolute atomic E-state index is 0.158. The summed E-state index contributed by atoms with van der Waals surface area (Å²) < 4.78 is 0. The van der Waals surface area contributed by atoms with Gasteiger partial charge in [-0.1, -0.05) is 0 Å². The lowest BCUT2D eigenvalue weighted by Crippen LogP contribution is -2.17. The van der Waals surface area contributed by atoms with Gasteiger partial charge >= 0.3 is 0 Å². The summed E-state index contributed by atoms with van der Waals surface area (Å²) in [6.45, 7) is 4.73. The SMILES string of the molecule is CCNc1cc(N2CCCC2)cc([N+](=O)[O-])c1. The van der Waals surface area contributed by atoms with E-state index in [-0.39, 0.29) is 10.6 Å². The summed E-state index contributed by atoms with van der Waals surface area (Å²) in [4.78, 5) is 12.8. The molecular formula is C12H17N3O2. The molecule has 1 aliphatic heterocycles. The van der Waals surface area contributed by atoms with Gasteiger partial charge in [0.05, 0.1) is 4.92 Å². The average molecular weight is 235 g/mol. The van der Waals surface area contributed by atoms with Crippen molar-refractivity contribution < 1.29 is 4.92 Å². The van der Waals surface area contributed by atoms with Crippen LogP contribution in [0.1, 0.15) is 19.8 Å². The summed E-state index contributed by atoms with van der Waals surface area (Å²) in [5.41, 5.74) is 1.93. The number of hydrogen-bond acceptors (Lipinski definition) is 4. The Morgan fingerprint density at radius 1 is 1.35 bits per heavy atom. The van der Waals surface area contributed by atoms with E-state index in [0.717, 1.165) is 31.0 Å². The van der Waals surface area contributed by atoms with Crippen LogP contribution in [-0.2, 0) is 0 Å². The number of benzene rings is 1. The molecule has 0 unspecified atom stereocenters. The Kier molecular flexibility index (Phi) is 3.46. The van der Waals surface area contributed by atoms with Crippen LogP contribution in [0.15, 0.2) is 18.2 Å². The van der Waals surface area contributed by atoms with E-state index in [1.807, 2.05) is 13.0 Å². The van der Waals surface area contributed by atoms with Crippen molar-refractivity contribution in [3.63, 3.8) is 0 Å². The van der Waals surface area contributed by atoms with E-state index in [1.54, 1.807) is 12.1 Å². The topological polar surface area (TPSA) is 58.4 Å². The third kappa shape index (κ3) is 2.67. The zero-order chi connectivity index (χ0) is 12.3. The molecule has 17 heavy (non-hydrogen) atoms. The Balaban J connectivity index is 2.32. The van der Waals surface area contributed by atoms with Crippen LogP contribution in [0.4, 0.5) is 17.1 Å². The largest absolute Gasteiger partial charge is 0.385 e. The predicted molar refractivity (Wildman–Crippen MR) is 68.7 cm³/mol. The molecule has 0 radical (unpaired) electrons. The second kappa shape index (κ2) is 5.03. The van der Waals surface area contributed by atoms with Crippen molar-refractivity contribution in [3.8, 4) is 0 Å². The van der Waals surface area contributed by atoms with Crippen LogP contribution in [-0.4, -0.2) is 24.6 Å². The standard InChI is InChI=1S/C12H17N3O2/c1-2-13-10-7-11(14-5-3-4-6-14)9-12(8-10)15(16)17/h7-9,13H,2-6H2,1H3. The molecule has 2 rings (SSSR count). The predicted octanol–water partition coefficient (Wildman–Crippen LogP) is 2.63. The van der Waals surface area contributed by atoms with Crippen molar-refractivity contribution in [1.29, 1.82) is 0 Å². The van der Waals surface area contributed by atoms with Gasteiger partial charge in [0.15, 0.2) is 0 Å². The van der Waals surface area contributed by atoms with E-state index < -0.39 is 0 Å². The van der Waals surface area contributed by atoms with Gasteiger partial charge < -0.3 is 10.2 Å². The number of non-ortho nitro benzene ring substituents is 1. The fourth-order valence-corrected chi connectivity index (χ4v) is 2.16. The van der Waals surface area contributed by atoms with E-state index in [4.69, 9.17) is 0 Å². The molecule has 1 N–H and O–H groups in total. The average Bonchev–Trinajstić information content (AvgIpc) is 2.82. The number of anilines is 2. The highest BCUT2D eigenvalue weighted by Gasteiger charge is 2.16. The molecular weight excluding hydrogens is 218 g/mol. The van der Waals surface area contributed by atoms with Crippen LogP contribution >= 0.6 is 0 Å². The molecule has 0 spiro atoms. The van der Waals surface area contributed by atoms with Crippen molar-refractivity contribution in [2.24, 2.45) is 0 Å². The highest BCUT2D eigenvalue weighted by atomic mass is 16.6. The first-order valence-corrected chi connectivity index (χ1v) is 5.99. The molecule has 0 saturated carbocycles. The fourth-order valence-electron chi connectivity index (χ4n) is 2.16. The zero-order valence-corrected chi connectivity index (χ0v) is 9.98. The first-order valence-electron chi connectivity index (χ1n) is 5.99. The van der Waals surface area contributed by atoms with E-state index >= 15 is 0 Å². The molecule has 0 bridgehead atoms. The van der Waals surface area contributed by atoms with Crippen LogP contribution in [0.2, 0.25) is 0 Å². The Morgan fingerprint density at radius 3 is 2.65 bits per heavy atom. The molecule has 1 aromatic rings. The molecule has 0 aliphatic carbocycles.